The van der Waals surface area contributed by atoms with Crippen LogP contribution in [0.1, 0.15) is 37.6 Å². The van der Waals surface area contributed by atoms with Gasteiger partial charge in [-0.05, 0) is 38.3 Å². The van der Waals surface area contributed by atoms with Crippen LogP contribution in [0.25, 0.3) is 0 Å². The molecule has 2 heterocycles. The Labute approximate surface area is 166 Å². The Kier molecular flexibility index (Phi) is 7.27. The molecule has 2 aromatic rings. The highest BCUT2D eigenvalue weighted by Gasteiger charge is 2.22. The number of aryl methyl sites for hydroxylation is 1. The molecule has 1 aliphatic rings. The maximum atomic E-state index is 4.73. The Balaban J connectivity index is 0.00000225. The molecule has 25 heavy (non-hydrogen) atoms. The van der Waals surface area contributed by atoms with Gasteiger partial charge in [0.2, 0.25) is 0 Å². The minimum absolute atomic E-state index is 0. The molecular weight excluding hydrogens is 429 g/mol. The molecule has 0 bridgehead atoms. The van der Waals surface area contributed by atoms with Gasteiger partial charge < -0.3 is 10.6 Å². The van der Waals surface area contributed by atoms with Gasteiger partial charge in [-0.1, -0.05) is 0 Å². The summed E-state index contributed by atoms with van der Waals surface area (Å²) in [6.45, 7) is 5.95. The highest BCUT2D eigenvalue weighted by atomic mass is 127. The van der Waals surface area contributed by atoms with E-state index < -0.39 is 0 Å². The number of hydrogen-bond acceptors (Lipinski definition) is 3. The predicted octanol–water partition coefficient (Wildman–Crippen LogP) is 2.00. The van der Waals surface area contributed by atoms with Crippen molar-refractivity contribution in [3.63, 3.8) is 0 Å². The molecule has 3 rings (SSSR count). The Morgan fingerprint density at radius 2 is 2.28 bits per heavy atom. The lowest BCUT2D eigenvalue weighted by atomic mass is 9.94. The second kappa shape index (κ2) is 9.21. The summed E-state index contributed by atoms with van der Waals surface area (Å²) in [4.78, 5) is 4.33. The van der Waals surface area contributed by atoms with Crippen LogP contribution in [0.4, 0.5) is 0 Å². The minimum Gasteiger partial charge on any atom is -0.355 e. The number of aromatic nitrogens is 4. The zero-order chi connectivity index (χ0) is 16.9. The first-order valence-corrected chi connectivity index (χ1v) is 8.67. The third-order valence-corrected chi connectivity index (χ3v) is 4.38. The molecule has 1 atom stereocenters. The van der Waals surface area contributed by atoms with Crippen molar-refractivity contribution in [1.29, 1.82) is 0 Å². The van der Waals surface area contributed by atoms with E-state index in [-0.39, 0.29) is 24.0 Å². The Morgan fingerprint density at radius 1 is 1.44 bits per heavy atom. The van der Waals surface area contributed by atoms with Crippen LogP contribution in [0.3, 0.4) is 0 Å². The Bertz CT molecular complexity index is 675. The molecule has 0 spiro atoms. The lowest BCUT2D eigenvalue weighted by Crippen LogP contribution is -2.46. The van der Waals surface area contributed by atoms with Gasteiger partial charge in [0.1, 0.15) is 0 Å². The predicted molar refractivity (Wildman–Crippen MR) is 111 cm³/mol. The van der Waals surface area contributed by atoms with Crippen molar-refractivity contribution in [2.45, 2.75) is 51.7 Å². The second-order valence-corrected chi connectivity index (χ2v) is 6.53. The Morgan fingerprint density at radius 3 is 2.96 bits per heavy atom. The maximum absolute atomic E-state index is 4.73. The van der Waals surface area contributed by atoms with Crippen molar-refractivity contribution < 1.29 is 0 Å². The van der Waals surface area contributed by atoms with Crippen LogP contribution in [0.15, 0.2) is 29.6 Å². The second-order valence-electron chi connectivity index (χ2n) is 6.53. The van der Waals surface area contributed by atoms with E-state index in [1.54, 1.807) is 6.20 Å². The van der Waals surface area contributed by atoms with Crippen LogP contribution in [0.2, 0.25) is 0 Å². The number of nitrogens with one attached hydrogen (secondary N) is 2. The van der Waals surface area contributed by atoms with E-state index in [1.165, 1.54) is 11.3 Å². The lowest BCUT2D eigenvalue weighted by molar-refractivity contribution is 0.497. The maximum Gasteiger partial charge on any atom is 0.191 e. The van der Waals surface area contributed by atoms with E-state index in [1.807, 2.05) is 24.0 Å². The average molecular weight is 457 g/mol. The number of rotatable bonds is 5. The van der Waals surface area contributed by atoms with Crippen molar-refractivity contribution in [1.82, 2.24) is 30.2 Å². The van der Waals surface area contributed by atoms with Crippen LogP contribution in [0, 0.1) is 0 Å². The average Bonchev–Trinajstić information content (AvgIpc) is 3.22. The summed E-state index contributed by atoms with van der Waals surface area (Å²) in [5.41, 5.74) is 2.61. The van der Waals surface area contributed by atoms with Crippen molar-refractivity contribution in [3.8, 4) is 0 Å². The third-order valence-electron chi connectivity index (χ3n) is 4.38. The van der Waals surface area contributed by atoms with Crippen molar-refractivity contribution in [3.05, 3.63) is 35.9 Å². The summed E-state index contributed by atoms with van der Waals surface area (Å²) in [5.74, 6) is 0.846. The molecule has 0 saturated heterocycles. The summed E-state index contributed by atoms with van der Waals surface area (Å²) in [5, 5.41) is 15.8. The first-order valence-electron chi connectivity index (χ1n) is 8.67. The number of nitrogens with zero attached hydrogens (tertiary/aromatic N) is 5. The Hall–Kier alpha value is -1.58. The lowest BCUT2D eigenvalue weighted by Gasteiger charge is -2.24. The number of guanidine groups is 1. The fourth-order valence-corrected chi connectivity index (χ4v) is 3.01. The zero-order valence-corrected chi connectivity index (χ0v) is 17.5. The third kappa shape index (κ3) is 5.20. The normalized spacial score (nSPS) is 17.1. The van der Waals surface area contributed by atoms with Gasteiger partial charge in [0, 0.05) is 50.7 Å². The summed E-state index contributed by atoms with van der Waals surface area (Å²) >= 11 is 0. The molecule has 2 N–H and O–H groups in total. The summed E-state index contributed by atoms with van der Waals surface area (Å²) in [6.07, 6.45) is 9.09. The van der Waals surface area contributed by atoms with E-state index in [0.29, 0.717) is 12.1 Å². The molecule has 138 valence electrons. The first kappa shape index (κ1) is 19.7. The zero-order valence-electron chi connectivity index (χ0n) is 15.1. The van der Waals surface area contributed by atoms with Crippen LogP contribution in [-0.2, 0) is 19.4 Å². The molecular formula is C17H28IN7. The first-order chi connectivity index (χ1) is 11.7. The topological polar surface area (TPSA) is 72.1 Å². The molecule has 1 aliphatic carbocycles. The molecule has 1 unspecified atom stereocenters. The fourth-order valence-electron chi connectivity index (χ4n) is 3.01. The molecule has 8 heteroatoms. The highest BCUT2D eigenvalue weighted by Crippen LogP contribution is 2.21. The molecule has 7 nitrogen and oxygen atoms in total. The SMILES string of the molecule is CN=C(NCCn1cccn1)NC1CCc2cn(C(C)C)nc2C1.I. The van der Waals surface area contributed by atoms with Gasteiger partial charge in [0.25, 0.3) is 0 Å². The molecule has 2 aromatic heterocycles. The summed E-state index contributed by atoms with van der Waals surface area (Å²) in [7, 11) is 1.81. The van der Waals surface area contributed by atoms with Gasteiger partial charge in [0.05, 0.1) is 12.2 Å². The fraction of sp³-hybridized carbons (Fsp3) is 0.588. The molecule has 0 fully saturated rings. The smallest absolute Gasteiger partial charge is 0.191 e. The quantitative estimate of drug-likeness (QED) is 0.410. The number of fused-ring (bicyclic) bond motifs is 1. The monoisotopic (exact) mass is 457 g/mol. The van der Waals surface area contributed by atoms with E-state index in [4.69, 9.17) is 5.10 Å². The molecule has 0 aliphatic heterocycles. The number of halogens is 1. The molecule has 0 amide bonds. The van der Waals surface area contributed by atoms with E-state index in [0.717, 1.165) is 38.3 Å². The van der Waals surface area contributed by atoms with Gasteiger partial charge >= 0.3 is 0 Å². The van der Waals surface area contributed by atoms with Gasteiger partial charge in [-0.3, -0.25) is 14.4 Å². The standard InChI is InChI=1S/C17H27N7.HI/c1-13(2)24-12-14-5-6-15(11-16(14)22-24)21-17(18-3)19-8-10-23-9-4-7-20-23;/h4,7,9,12-13,15H,5-6,8,10-11H2,1-3H3,(H2,18,19,21);1H. The van der Waals surface area contributed by atoms with Gasteiger partial charge in [-0.15, -0.1) is 24.0 Å². The largest absolute Gasteiger partial charge is 0.355 e. The van der Waals surface area contributed by atoms with Crippen molar-refractivity contribution >= 4 is 29.9 Å². The van der Waals surface area contributed by atoms with Gasteiger partial charge in [-0.2, -0.15) is 10.2 Å². The van der Waals surface area contributed by atoms with Crippen LogP contribution in [0.5, 0.6) is 0 Å². The van der Waals surface area contributed by atoms with Crippen LogP contribution < -0.4 is 10.6 Å². The van der Waals surface area contributed by atoms with Crippen LogP contribution >= 0.6 is 24.0 Å². The highest BCUT2D eigenvalue weighted by molar-refractivity contribution is 14.0. The molecule has 0 saturated carbocycles. The van der Waals surface area contributed by atoms with Gasteiger partial charge in [0.15, 0.2) is 5.96 Å². The van der Waals surface area contributed by atoms with Crippen LogP contribution in [-0.4, -0.2) is 45.2 Å². The van der Waals surface area contributed by atoms with E-state index in [9.17, 15) is 0 Å². The summed E-state index contributed by atoms with van der Waals surface area (Å²) in [6, 6.07) is 2.73. The molecule has 0 aromatic carbocycles. The van der Waals surface area contributed by atoms with Crippen molar-refractivity contribution in [2.75, 3.05) is 13.6 Å². The number of aliphatic imine (C=N–C) groups is 1. The molecule has 0 radical (unpaired) electrons. The van der Waals surface area contributed by atoms with E-state index in [2.05, 4.69) is 45.5 Å². The number of hydrogen-bond donors (Lipinski definition) is 2. The van der Waals surface area contributed by atoms with Crippen molar-refractivity contribution in [2.24, 2.45) is 4.99 Å². The van der Waals surface area contributed by atoms with Gasteiger partial charge in [-0.25, -0.2) is 0 Å². The minimum atomic E-state index is 0. The summed E-state index contributed by atoms with van der Waals surface area (Å²) < 4.78 is 3.98. The van der Waals surface area contributed by atoms with E-state index >= 15 is 0 Å².